The smallest absolute Gasteiger partial charge is 0.243 e. The zero-order valence-corrected chi connectivity index (χ0v) is 11.1. The SMILES string of the molecule is Cc1cccc(NC2(C(N)=O)CCN(C)CC2)c1. The van der Waals surface area contributed by atoms with E-state index in [4.69, 9.17) is 5.73 Å². The van der Waals surface area contributed by atoms with Gasteiger partial charge in [-0.15, -0.1) is 0 Å². The van der Waals surface area contributed by atoms with Gasteiger partial charge in [0.25, 0.3) is 0 Å². The molecule has 1 aliphatic rings. The van der Waals surface area contributed by atoms with Gasteiger partial charge in [-0.1, -0.05) is 12.1 Å². The molecule has 0 saturated carbocycles. The molecule has 3 N–H and O–H groups in total. The average Bonchev–Trinajstić information content (AvgIpc) is 2.32. The highest BCUT2D eigenvalue weighted by Gasteiger charge is 2.39. The van der Waals surface area contributed by atoms with Crippen LogP contribution in [0.25, 0.3) is 0 Å². The summed E-state index contributed by atoms with van der Waals surface area (Å²) >= 11 is 0. The van der Waals surface area contributed by atoms with Gasteiger partial charge in [-0.05, 0) is 44.5 Å². The fraction of sp³-hybridized carbons (Fsp3) is 0.500. The Hall–Kier alpha value is -1.55. The van der Waals surface area contributed by atoms with Crippen LogP contribution in [0, 0.1) is 6.92 Å². The fourth-order valence-electron chi connectivity index (χ4n) is 2.43. The number of primary amides is 1. The minimum atomic E-state index is -0.597. The van der Waals surface area contributed by atoms with Gasteiger partial charge in [0.1, 0.15) is 5.54 Å². The number of carbonyl (C=O) groups excluding carboxylic acids is 1. The number of nitrogens with one attached hydrogen (secondary N) is 1. The van der Waals surface area contributed by atoms with E-state index in [0.29, 0.717) is 0 Å². The maximum absolute atomic E-state index is 11.8. The van der Waals surface area contributed by atoms with E-state index < -0.39 is 5.54 Å². The molecule has 0 radical (unpaired) electrons. The number of hydrogen-bond donors (Lipinski definition) is 2. The van der Waals surface area contributed by atoms with E-state index in [9.17, 15) is 4.79 Å². The Bertz CT molecular complexity index is 436. The molecule has 0 aromatic heterocycles. The second-order valence-electron chi connectivity index (χ2n) is 5.24. The number of amides is 1. The van der Waals surface area contributed by atoms with E-state index >= 15 is 0 Å². The van der Waals surface area contributed by atoms with Gasteiger partial charge >= 0.3 is 0 Å². The van der Waals surface area contributed by atoms with Gasteiger partial charge in [-0.3, -0.25) is 4.79 Å². The van der Waals surface area contributed by atoms with Crippen LogP contribution in [-0.4, -0.2) is 36.5 Å². The number of anilines is 1. The molecule has 1 aromatic rings. The molecular weight excluding hydrogens is 226 g/mol. The number of piperidine rings is 1. The third-order valence-corrected chi connectivity index (χ3v) is 3.71. The zero-order valence-electron chi connectivity index (χ0n) is 11.1. The lowest BCUT2D eigenvalue weighted by atomic mass is 9.86. The van der Waals surface area contributed by atoms with Crippen molar-refractivity contribution in [3.8, 4) is 0 Å². The van der Waals surface area contributed by atoms with Crippen LogP contribution in [0.5, 0.6) is 0 Å². The zero-order chi connectivity index (χ0) is 13.2. The Kier molecular flexibility index (Phi) is 3.57. The molecule has 1 aromatic carbocycles. The van der Waals surface area contributed by atoms with E-state index in [1.165, 1.54) is 5.56 Å². The number of rotatable bonds is 3. The lowest BCUT2D eigenvalue weighted by Crippen LogP contribution is -2.56. The highest BCUT2D eigenvalue weighted by atomic mass is 16.1. The molecule has 1 amide bonds. The van der Waals surface area contributed by atoms with E-state index in [1.807, 2.05) is 31.2 Å². The highest BCUT2D eigenvalue weighted by molar-refractivity contribution is 5.88. The normalized spacial score (nSPS) is 19.4. The monoisotopic (exact) mass is 247 g/mol. The molecule has 1 heterocycles. The van der Waals surface area contributed by atoms with Crippen LogP contribution in [-0.2, 0) is 4.79 Å². The summed E-state index contributed by atoms with van der Waals surface area (Å²) in [4.78, 5) is 14.0. The summed E-state index contributed by atoms with van der Waals surface area (Å²) in [6.07, 6.45) is 1.51. The second-order valence-corrected chi connectivity index (χ2v) is 5.24. The minimum Gasteiger partial charge on any atom is -0.371 e. The quantitative estimate of drug-likeness (QED) is 0.848. The van der Waals surface area contributed by atoms with Crippen LogP contribution in [0.2, 0.25) is 0 Å². The van der Waals surface area contributed by atoms with Gasteiger partial charge in [0, 0.05) is 18.8 Å². The number of aryl methyl sites for hydroxylation is 1. The van der Waals surface area contributed by atoms with E-state index in [-0.39, 0.29) is 5.91 Å². The molecule has 4 nitrogen and oxygen atoms in total. The van der Waals surface area contributed by atoms with Crippen molar-refractivity contribution >= 4 is 11.6 Å². The van der Waals surface area contributed by atoms with Crippen LogP contribution >= 0.6 is 0 Å². The van der Waals surface area contributed by atoms with Crippen molar-refractivity contribution in [3.05, 3.63) is 29.8 Å². The maximum atomic E-state index is 11.8. The fourth-order valence-corrected chi connectivity index (χ4v) is 2.43. The van der Waals surface area contributed by atoms with Gasteiger partial charge in [-0.2, -0.15) is 0 Å². The summed E-state index contributed by atoms with van der Waals surface area (Å²) in [7, 11) is 2.07. The lowest BCUT2D eigenvalue weighted by Gasteiger charge is -2.39. The average molecular weight is 247 g/mol. The number of likely N-dealkylation sites (tertiary alicyclic amines) is 1. The minimum absolute atomic E-state index is 0.253. The number of carbonyl (C=O) groups is 1. The lowest BCUT2D eigenvalue weighted by molar-refractivity contribution is -0.123. The Balaban J connectivity index is 2.19. The molecule has 0 unspecified atom stereocenters. The largest absolute Gasteiger partial charge is 0.371 e. The van der Waals surface area contributed by atoms with Crippen molar-refractivity contribution in [1.82, 2.24) is 4.90 Å². The van der Waals surface area contributed by atoms with Crippen molar-refractivity contribution in [2.75, 3.05) is 25.5 Å². The Morgan fingerprint density at radius 3 is 2.61 bits per heavy atom. The summed E-state index contributed by atoms with van der Waals surface area (Å²) < 4.78 is 0. The van der Waals surface area contributed by atoms with Crippen molar-refractivity contribution in [1.29, 1.82) is 0 Å². The maximum Gasteiger partial charge on any atom is 0.243 e. The molecule has 1 aliphatic heterocycles. The first-order valence-corrected chi connectivity index (χ1v) is 6.35. The van der Waals surface area contributed by atoms with E-state index in [0.717, 1.165) is 31.6 Å². The molecular formula is C14H21N3O. The molecule has 98 valence electrons. The van der Waals surface area contributed by atoms with Crippen molar-refractivity contribution in [3.63, 3.8) is 0 Å². The number of nitrogens with zero attached hydrogens (tertiary/aromatic N) is 1. The molecule has 1 saturated heterocycles. The topological polar surface area (TPSA) is 58.4 Å². The van der Waals surface area contributed by atoms with Crippen LogP contribution in [0.1, 0.15) is 18.4 Å². The predicted octanol–water partition coefficient (Wildman–Crippen LogP) is 1.36. The Morgan fingerprint density at radius 2 is 2.06 bits per heavy atom. The third-order valence-electron chi connectivity index (χ3n) is 3.71. The highest BCUT2D eigenvalue weighted by Crippen LogP contribution is 2.26. The van der Waals surface area contributed by atoms with Crippen LogP contribution in [0.15, 0.2) is 24.3 Å². The summed E-state index contributed by atoms with van der Waals surface area (Å²) in [5.74, 6) is -0.253. The predicted molar refractivity (Wildman–Crippen MR) is 73.5 cm³/mol. The molecule has 1 fully saturated rings. The summed E-state index contributed by atoms with van der Waals surface area (Å²) in [6.45, 7) is 3.82. The Morgan fingerprint density at radius 1 is 1.39 bits per heavy atom. The van der Waals surface area contributed by atoms with Gasteiger partial charge in [0.2, 0.25) is 5.91 Å². The summed E-state index contributed by atoms with van der Waals surface area (Å²) in [5, 5.41) is 3.35. The molecule has 4 heteroatoms. The van der Waals surface area contributed by atoms with E-state index in [1.54, 1.807) is 0 Å². The second kappa shape index (κ2) is 4.98. The van der Waals surface area contributed by atoms with Crippen molar-refractivity contribution in [2.45, 2.75) is 25.3 Å². The Labute approximate surface area is 108 Å². The van der Waals surface area contributed by atoms with Crippen molar-refractivity contribution in [2.24, 2.45) is 5.73 Å². The first kappa shape index (κ1) is 12.9. The van der Waals surface area contributed by atoms with Gasteiger partial charge in [-0.25, -0.2) is 0 Å². The molecule has 0 bridgehead atoms. The molecule has 0 atom stereocenters. The molecule has 0 spiro atoms. The van der Waals surface area contributed by atoms with E-state index in [2.05, 4.69) is 17.3 Å². The summed E-state index contributed by atoms with van der Waals surface area (Å²) in [6, 6.07) is 8.05. The van der Waals surface area contributed by atoms with Crippen molar-refractivity contribution < 1.29 is 4.79 Å². The van der Waals surface area contributed by atoms with Gasteiger partial charge in [0.05, 0.1) is 0 Å². The molecule has 0 aliphatic carbocycles. The van der Waals surface area contributed by atoms with Crippen LogP contribution in [0.4, 0.5) is 5.69 Å². The molecule has 18 heavy (non-hydrogen) atoms. The third kappa shape index (κ3) is 2.64. The van der Waals surface area contributed by atoms with Crippen LogP contribution in [0.3, 0.4) is 0 Å². The first-order chi connectivity index (χ1) is 8.52. The summed E-state index contributed by atoms with van der Waals surface area (Å²) in [5.41, 5.74) is 7.16. The first-order valence-electron chi connectivity index (χ1n) is 6.35. The molecule has 2 rings (SSSR count). The number of hydrogen-bond acceptors (Lipinski definition) is 3. The standard InChI is InChI=1S/C14H21N3O/c1-11-4-3-5-12(10-11)16-14(13(15)18)6-8-17(2)9-7-14/h3-5,10,16H,6-9H2,1-2H3,(H2,15,18). The number of benzene rings is 1. The number of nitrogens with two attached hydrogens (primary N) is 1. The van der Waals surface area contributed by atoms with Gasteiger partial charge < -0.3 is 16.0 Å². The van der Waals surface area contributed by atoms with Crippen LogP contribution < -0.4 is 11.1 Å². The van der Waals surface area contributed by atoms with Gasteiger partial charge in [0.15, 0.2) is 0 Å².